The summed E-state index contributed by atoms with van der Waals surface area (Å²) < 4.78 is 2.28. The molecule has 2 aromatic carbocycles. The molecule has 0 atom stereocenters. The second-order valence-corrected chi connectivity index (χ2v) is 5.85. The van der Waals surface area contributed by atoms with Gasteiger partial charge in [0.25, 0.3) is 0 Å². The molecule has 1 N–H and O–H groups in total. The normalized spacial score (nSPS) is 11.2. The first-order valence-corrected chi connectivity index (χ1v) is 7.80. The van der Waals surface area contributed by atoms with Crippen LogP contribution in [0.15, 0.2) is 42.5 Å². The highest BCUT2D eigenvalue weighted by Gasteiger charge is 2.12. The number of hydrogen-bond acceptors (Lipinski definition) is 2. The molecular weight excluding hydrogens is 272 g/mol. The summed E-state index contributed by atoms with van der Waals surface area (Å²) >= 11 is 0. The van der Waals surface area contributed by atoms with Crippen molar-refractivity contribution in [3.63, 3.8) is 0 Å². The van der Waals surface area contributed by atoms with Crippen LogP contribution in [0.5, 0.6) is 0 Å². The largest absolute Gasteiger partial charge is 0.396 e. The number of benzene rings is 2. The summed E-state index contributed by atoms with van der Waals surface area (Å²) in [6.45, 7) is 5.29. The first kappa shape index (κ1) is 14.8. The lowest BCUT2D eigenvalue weighted by atomic mass is 10.1. The van der Waals surface area contributed by atoms with Crippen LogP contribution in [0.1, 0.15) is 28.9 Å². The van der Waals surface area contributed by atoms with Gasteiger partial charge < -0.3 is 9.67 Å². The zero-order valence-corrected chi connectivity index (χ0v) is 13.2. The van der Waals surface area contributed by atoms with E-state index in [1.165, 1.54) is 22.2 Å². The van der Waals surface area contributed by atoms with Crippen molar-refractivity contribution >= 4 is 11.0 Å². The Bertz CT molecular complexity index is 775. The van der Waals surface area contributed by atoms with E-state index in [-0.39, 0.29) is 6.61 Å². The molecule has 3 rings (SSSR count). The Morgan fingerprint density at radius 1 is 1.05 bits per heavy atom. The van der Waals surface area contributed by atoms with Gasteiger partial charge in [0.15, 0.2) is 0 Å². The fraction of sp³-hybridized carbons (Fsp3) is 0.316. The van der Waals surface area contributed by atoms with Crippen LogP contribution < -0.4 is 0 Å². The minimum atomic E-state index is 0.201. The minimum absolute atomic E-state index is 0.201. The standard InChI is InChI=1S/C19H22N2O/c1-14-11-17-18(12-15(14)2)21(19(20-17)9-6-10-22)13-16-7-4-3-5-8-16/h3-5,7-8,11-12,22H,6,9-10,13H2,1-2H3. The number of aliphatic hydroxyl groups is 1. The van der Waals surface area contributed by atoms with Crippen LogP contribution in [0.3, 0.4) is 0 Å². The second kappa shape index (κ2) is 6.32. The monoisotopic (exact) mass is 294 g/mol. The molecule has 0 spiro atoms. The molecule has 3 nitrogen and oxygen atoms in total. The van der Waals surface area contributed by atoms with Crippen molar-refractivity contribution in [3.05, 3.63) is 65.0 Å². The number of rotatable bonds is 5. The molecule has 0 aliphatic carbocycles. The Balaban J connectivity index is 2.09. The van der Waals surface area contributed by atoms with Gasteiger partial charge in [0.1, 0.15) is 5.82 Å². The van der Waals surface area contributed by atoms with E-state index < -0.39 is 0 Å². The smallest absolute Gasteiger partial charge is 0.110 e. The van der Waals surface area contributed by atoms with Gasteiger partial charge in [0.05, 0.1) is 11.0 Å². The van der Waals surface area contributed by atoms with E-state index in [4.69, 9.17) is 10.1 Å². The van der Waals surface area contributed by atoms with Crippen molar-refractivity contribution in [2.75, 3.05) is 6.61 Å². The number of nitrogens with zero attached hydrogens (tertiary/aromatic N) is 2. The van der Waals surface area contributed by atoms with E-state index in [1.807, 2.05) is 6.07 Å². The molecule has 0 fully saturated rings. The molecule has 0 radical (unpaired) electrons. The molecule has 0 saturated carbocycles. The Kier molecular flexibility index (Phi) is 4.25. The lowest BCUT2D eigenvalue weighted by Gasteiger charge is -2.10. The molecule has 3 heteroatoms. The number of aromatic nitrogens is 2. The third kappa shape index (κ3) is 2.90. The predicted octanol–water partition coefficient (Wildman–Crippen LogP) is 3.63. The van der Waals surface area contributed by atoms with E-state index in [0.29, 0.717) is 0 Å². The quantitative estimate of drug-likeness (QED) is 0.780. The summed E-state index contributed by atoms with van der Waals surface area (Å²) in [4.78, 5) is 4.80. The van der Waals surface area contributed by atoms with Gasteiger partial charge in [-0.3, -0.25) is 0 Å². The van der Waals surface area contributed by atoms with Crippen molar-refractivity contribution in [3.8, 4) is 0 Å². The van der Waals surface area contributed by atoms with Gasteiger partial charge in [-0.2, -0.15) is 0 Å². The molecular formula is C19H22N2O. The third-order valence-corrected chi connectivity index (χ3v) is 4.18. The van der Waals surface area contributed by atoms with E-state index in [1.54, 1.807) is 0 Å². The van der Waals surface area contributed by atoms with Crippen molar-refractivity contribution < 1.29 is 5.11 Å². The summed E-state index contributed by atoms with van der Waals surface area (Å²) in [6, 6.07) is 14.8. The van der Waals surface area contributed by atoms with Gasteiger partial charge in [-0.05, 0) is 49.1 Å². The molecule has 3 aromatic rings. The summed E-state index contributed by atoms with van der Waals surface area (Å²) in [5.74, 6) is 1.05. The lowest BCUT2D eigenvalue weighted by Crippen LogP contribution is -2.06. The highest BCUT2D eigenvalue weighted by Crippen LogP contribution is 2.22. The Hall–Kier alpha value is -2.13. The first-order valence-electron chi connectivity index (χ1n) is 7.80. The van der Waals surface area contributed by atoms with Gasteiger partial charge in [-0.15, -0.1) is 0 Å². The molecule has 0 bridgehead atoms. The summed E-state index contributed by atoms with van der Waals surface area (Å²) in [7, 11) is 0. The molecule has 114 valence electrons. The number of imidazole rings is 1. The maximum atomic E-state index is 9.13. The maximum Gasteiger partial charge on any atom is 0.110 e. The van der Waals surface area contributed by atoms with Gasteiger partial charge in [-0.25, -0.2) is 4.98 Å². The van der Waals surface area contributed by atoms with Crippen LogP contribution in [-0.4, -0.2) is 21.3 Å². The van der Waals surface area contributed by atoms with Crippen LogP contribution in [0.2, 0.25) is 0 Å². The fourth-order valence-corrected chi connectivity index (χ4v) is 2.80. The molecule has 0 unspecified atom stereocenters. The average Bonchev–Trinajstić information content (AvgIpc) is 2.84. The zero-order chi connectivity index (χ0) is 15.5. The molecule has 0 aliphatic heterocycles. The van der Waals surface area contributed by atoms with Crippen LogP contribution >= 0.6 is 0 Å². The van der Waals surface area contributed by atoms with Crippen LogP contribution in [0, 0.1) is 13.8 Å². The van der Waals surface area contributed by atoms with Crippen LogP contribution in [0.4, 0.5) is 0 Å². The lowest BCUT2D eigenvalue weighted by molar-refractivity contribution is 0.287. The average molecular weight is 294 g/mol. The number of fused-ring (bicyclic) bond motifs is 1. The topological polar surface area (TPSA) is 38.1 Å². The van der Waals surface area contributed by atoms with Crippen molar-refractivity contribution in [2.45, 2.75) is 33.2 Å². The molecule has 0 saturated heterocycles. The van der Waals surface area contributed by atoms with Gasteiger partial charge in [-0.1, -0.05) is 30.3 Å². The Morgan fingerprint density at radius 2 is 1.77 bits per heavy atom. The fourth-order valence-electron chi connectivity index (χ4n) is 2.80. The molecule has 22 heavy (non-hydrogen) atoms. The predicted molar refractivity (Wildman–Crippen MR) is 90.2 cm³/mol. The van der Waals surface area contributed by atoms with Gasteiger partial charge in [0.2, 0.25) is 0 Å². The second-order valence-electron chi connectivity index (χ2n) is 5.85. The number of aliphatic hydroxyl groups excluding tert-OH is 1. The first-order chi connectivity index (χ1) is 10.7. The van der Waals surface area contributed by atoms with Crippen molar-refractivity contribution in [2.24, 2.45) is 0 Å². The van der Waals surface area contributed by atoms with E-state index >= 15 is 0 Å². The zero-order valence-electron chi connectivity index (χ0n) is 13.2. The SMILES string of the molecule is Cc1cc2nc(CCCO)n(Cc3ccccc3)c2cc1C. The minimum Gasteiger partial charge on any atom is -0.396 e. The van der Waals surface area contributed by atoms with Crippen LogP contribution in [0.25, 0.3) is 11.0 Å². The highest BCUT2D eigenvalue weighted by molar-refractivity contribution is 5.78. The van der Waals surface area contributed by atoms with Crippen molar-refractivity contribution in [1.82, 2.24) is 9.55 Å². The van der Waals surface area contributed by atoms with E-state index in [0.717, 1.165) is 30.7 Å². The summed E-state index contributed by atoms with van der Waals surface area (Å²) in [6.07, 6.45) is 1.55. The Morgan fingerprint density at radius 3 is 2.50 bits per heavy atom. The third-order valence-electron chi connectivity index (χ3n) is 4.18. The highest BCUT2D eigenvalue weighted by atomic mass is 16.2. The Labute approximate surface area is 131 Å². The van der Waals surface area contributed by atoms with E-state index in [2.05, 4.69) is 54.8 Å². The van der Waals surface area contributed by atoms with Gasteiger partial charge in [0, 0.05) is 19.6 Å². The van der Waals surface area contributed by atoms with Crippen molar-refractivity contribution in [1.29, 1.82) is 0 Å². The molecule has 0 aliphatic rings. The van der Waals surface area contributed by atoms with Crippen LogP contribution in [-0.2, 0) is 13.0 Å². The number of hydrogen-bond donors (Lipinski definition) is 1. The van der Waals surface area contributed by atoms with E-state index in [9.17, 15) is 0 Å². The number of aryl methyl sites for hydroxylation is 3. The molecule has 1 heterocycles. The summed E-state index contributed by atoms with van der Waals surface area (Å²) in [5, 5.41) is 9.13. The maximum absolute atomic E-state index is 9.13. The molecule has 1 aromatic heterocycles. The summed E-state index contributed by atoms with van der Waals surface area (Å²) in [5.41, 5.74) is 6.05. The van der Waals surface area contributed by atoms with Gasteiger partial charge >= 0.3 is 0 Å². The molecule has 0 amide bonds.